The zero-order valence-corrected chi connectivity index (χ0v) is 14.3. The molecule has 2 aliphatic carbocycles. The summed E-state index contributed by atoms with van der Waals surface area (Å²) in [5.74, 6) is 0.912. The van der Waals surface area contributed by atoms with Crippen LogP contribution in [0.25, 0.3) is 10.2 Å². The topological polar surface area (TPSA) is 46.9 Å². The Morgan fingerprint density at radius 2 is 2.09 bits per heavy atom. The lowest BCUT2D eigenvalue weighted by atomic mass is 10.1. The van der Waals surface area contributed by atoms with Crippen molar-refractivity contribution >= 4 is 21.6 Å². The molecule has 0 bridgehead atoms. The first kappa shape index (κ1) is 14.4. The lowest BCUT2D eigenvalue weighted by Crippen LogP contribution is -2.37. The van der Waals surface area contributed by atoms with Gasteiger partial charge in [-0.15, -0.1) is 11.3 Å². The number of nitrogens with one attached hydrogen (secondary N) is 1. The lowest BCUT2D eigenvalue weighted by molar-refractivity contribution is 0.409. The highest BCUT2D eigenvalue weighted by atomic mass is 32.1. The first-order valence-electron chi connectivity index (χ1n) is 8.25. The Morgan fingerprint density at radius 3 is 2.77 bits per heavy atom. The average Bonchev–Trinajstić information content (AvgIpc) is 3.04. The maximum Gasteiger partial charge on any atom is 0.262 e. The maximum absolute atomic E-state index is 13.1. The van der Waals surface area contributed by atoms with Crippen molar-refractivity contribution in [3.05, 3.63) is 26.6 Å². The van der Waals surface area contributed by atoms with Gasteiger partial charge in [-0.2, -0.15) is 0 Å². The zero-order valence-electron chi connectivity index (χ0n) is 13.5. The van der Waals surface area contributed by atoms with Gasteiger partial charge >= 0.3 is 0 Å². The van der Waals surface area contributed by atoms with Gasteiger partial charge in [0.2, 0.25) is 0 Å². The van der Waals surface area contributed by atoms with Gasteiger partial charge < -0.3 is 5.32 Å². The number of aromatic nitrogens is 2. The Labute approximate surface area is 134 Å². The molecular weight excluding hydrogens is 294 g/mol. The van der Waals surface area contributed by atoms with E-state index in [2.05, 4.69) is 26.1 Å². The summed E-state index contributed by atoms with van der Waals surface area (Å²) in [5, 5.41) is 4.41. The van der Waals surface area contributed by atoms with E-state index in [0.29, 0.717) is 12.6 Å². The van der Waals surface area contributed by atoms with Crippen molar-refractivity contribution < 1.29 is 0 Å². The maximum atomic E-state index is 13.1. The molecule has 4 rings (SSSR count). The van der Waals surface area contributed by atoms with Crippen LogP contribution in [0, 0.1) is 0 Å². The number of hydrogen-bond acceptors (Lipinski definition) is 4. The third-order valence-corrected chi connectivity index (χ3v) is 5.72. The summed E-state index contributed by atoms with van der Waals surface area (Å²) in [7, 11) is 0. The highest BCUT2D eigenvalue weighted by Gasteiger charge is 2.31. The van der Waals surface area contributed by atoms with Crippen molar-refractivity contribution in [1.82, 2.24) is 14.9 Å². The molecule has 1 fully saturated rings. The van der Waals surface area contributed by atoms with E-state index in [1.54, 1.807) is 11.3 Å². The Balaban J connectivity index is 1.85. The van der Waals surface area contributed by atoms with Gasteiger partial charge in [-0.05, 0) is 58.4 Å². The molecule has 4 nitrogen and oxygen atoms in total. The number of fused-ring (bicyclic) bond motifs is 3. The summed E-state index contributed by atoms with van der Waals surface area (Å²) in [5.41, 5.74) is 1.53. The average molecular weight is 317 g/mol. The first-order chi connectivity index (χ1) is 10.4. The fourth-order valence-electron chi connectivity index (χ4n) is 3.28. The van der Waals surface area contributed by atoms with Crippen LogP contribution in [0.5, 0.6) is 0 Å². The quantitative estimate of drug-likeness (QED) is 0.946. The van der Waals surface area contributed by atoms with Crippen LogP contribution in [-0.2, 0) is 19.4 Å². The second kappa shape index (κ2) is 4.90. The third-order valence-electron chi connectivity index (χ3n) is 4.53. The van der Waals surface area contributed by atoms with Crippen LogP contribution in [-0.4, -0.2) is 15.1 Å². The van der Waals surface area contributed by atoms with Crippen LogP contribution in [0.1, 0.15) is 62.3 Å². The molecule has 1 saturated carbocycles. The Hall–Kier alpha value is -1.20. The molecule has 22 heavy (non-hydrogen) atoms. The fraction of sp³-hybridized carbons (Fsp3) is 0.647. The summed E-state index contributed by atoms with van der Waals surface area (Å²) in [6.45, 7) is 7.09. The monoisotopic (exact) mass is 317 g/mol. The molecule has 0 unspecified atom stereocenters. The summed E-state index contributed by atoms with van der Waals surface area (Å²) in [6.07, 6.45) is 5.59. The molecule has 0 spiro atoms. The predicted molar refractivity (Wildman–Crippen MR) is 90.8 cm³/mol. The molecule has 2 aromatic rings. The molecule has 2 aliphatic rings. The molecule has 0 radical (unpaired) electrons. The van der Waals surface area contributed by atoms with Crippen molar-refractivity contribution in [2.75, 3.05) is 0 Å². The van der Waals surface area contributed by atoms with E-state index in [1.165, 1.54) is 16.9 Å². The molecule has 0 aromatic carbocycles. The molecule has 118 valence electrons. The van der Waals surface area contributed by atoms with E-state index in [1.807, 2.05) is 4.57 Å². The van der Waals surface area contributed by atoms with Gasteiger partial charge in [0.15, 0.2) is 0 Å². The van der Waals surface area contributed by atoms with Gasteiger partial charge in [0.25, 0.3) is 5.56 Å². The number of rotatable bonds is 3. The highest BCUT2D eigenvalue weighted by Crippen LogP contribution is 2.38. The van der Waals surface area contributed by atoms with Gasteiger partial charge in [-0.1, -0.05) is 0 Å². The van der Waals surface area contributed by atoms with Crippen LogP contribution in [0.4, 0.5) is 0 Å². The number of thiophene rings is 1. The molecule has 0 amide bonds. The van der Waals surface area contributed by atoms with E-state index in [0.717, 1.165) is 41.7 Å². The number of hydrogen-bond donors (Lipinski definition) is 1. The van der Waals surface area contributed by atoms with Crippen molar-refractivity contribution in [3.63, 3.8) is 0 Å². The second-order valence-corrected chi connectivity index (χ2v) is 8.66. The fourth-order valence-corrected chi connectivity index (χ4v) is 4.55. The molecule has 5 heteroatoms. The van der Waals surface area contributed by atoms with Crippen LogP contribution < -0.4 is 10.9 Å². The van der Waals surface area contributed by atoms with Crippen molar-refractivity contribution in [2.24, 2.45) is 0 Å². The standard InChI is InChI=1S/C17H23N3OS/c1-17(2,3)18-9-13-19-15-14(11-5-4-6-12(11)22-15)16(21)20(13)10-7-8-10/h10,18H,4-9H2,1-3H3. The van der Waals surface area contributed by atoms with E-state index >= 15 is 0 Å². The van der Waals surface area contributed by atoms with Crippen molar-refractivity contribution in [2.45, 2.75) is 71.0 Å². The number of aryl methyl sites for hydroxylation is 2. The molecule has 2 heterocycles. The van der Waals surface area contributed by atoms with Crippen LogP contribution in [0.15, 0.2) is 4.79 Å². The normalized spacial score (nSPS) is 18.1. The van der Waals surface area contributed by atoms with E-state index in [-0.39, 0.29) is 11.1 Å². The summed E-state index contributed by atoms with van der Waals surface area (Å²) < 4.78 is 1.98. The number of nitrogens with zero attached hydrogens (tertiary/aromatic N) is 2. The molecule has 1 N–H and O–H groups in total. The van der Waals surface area contributed by atoms with E-state index in [4.69, 9.17) is 4.98 Å². The molecule has 0 saturated heterocycles. The largest absolute Gasteiger partial charge is 0.305 e. The van der Waals surface area contributed by atoms with E-state index < -0.39 is 0 Å². The van der Waals surface area contributed by atoms with Crippen LogP contribution >= 0.6 is 11.3 Å². The Kier molecular flexibility index (Phi) is 3.20. The first-order valence-corrected chi connectivity index (χ1v) is 9.06. The SMILES string of the molecule is CC(C)(C)NCc1nc2sc3c(c2c(=O)n1C1CC1)CCC3. The van der Waals surface area contributed by atoms with Gasteiger partial charge in [-0.3, -0.25) is 9.36 Å². The Morgan fingerprint density at radius 1 is 1.32 bits per heavy atom. The smallest absolute Gasteiger partial charge is 0.262 e. The highest BCUT2D eigenvalue weighted by molar-refractivity contribution is 7.18. The van der Waals surface area contributed by atoms with Crippen LogP contribution in [0.2, 0.25) is 0 Å². The van der Waals surface area contributed by atoms with Gasteiger partial charge in [0, 0.05) is 16.5 Å². The minimum Gasteiger partial charge on any atom is -0.305 e. The summed E-state index contributed by atoms with van der Waals surface area (Å²) >= 11 is 1.74. The summed E-state index contributed by atoms with van der Waals surface area (Å²) in [6, 6.07) is 0.373. The second-order valence-electron chi connectivity index (χ2n) is 7.58. The van der Waals surface area contributed by atoms with Gasteiger partial charge in [-0.25, -0.2) is 4.98 Å². The molecule has 0 aliphatic heterocycles. The lowest BCUT2D eigenvalue weighted by Gasteiger charge is -2.21. The Bertz CT molecular complexity index is 793. The minimum absolute atomic E-state index is 0.0261. The third kappa shape index (κ3) is 2.40. The molecular formula is C17H23N3OS. The van der Waals surface area contributed by atoms with Crippen molar-refractivity contribution in [3.8, 4) is 0 Å². The summed E-state index contributed by atoms with van der Waals surface area (Å²) in [4.78, 5) is 20.3. The molecule has 2 aromatic heterocycles. The van der Waals surface area contributed by atoms with Crippen molar-refractivity contribution in [1.29, 1.82) is 0 Å². The predicted octanol–water partition coefficient (Wildman–Crippen LogP) is 3.17. The van der Waals surface area contributed by atoms with Gasteiger partial charge in [0.05, 0.1) is 11.9 Å². The van der Waals surface area contributed by atoms with Gasteiger partial charge in [0.1, 0.15) is 10.7 Å². The van der Waals surface area contributed by atoms with E-state index in [9.17, 15) is 4.79 Å². The minimum atomic E-state index is 0.0261. The zero-order chi connectivity index (χ0) is 15.5. The van der Waals surface area contributed by atoms with Crippen LogP contribution in [0.3, 0.4) is 0 Å². The molecule has 0 atom stereocenters.